The van der Waals surface area contributed by atoms with Gasteiger partial charge in [-0.1, -0.05) is 0 Å². The van der Waals surface area contributed by atoms with Gasteiger partial charge in [-0.05, 0) is 26.8 Å². The van der Waals surface area contributed by atoms with E-state index in [1.54, 1.807) is 0 Å². The van der Waals surface area contributed by atoms with Crippen LogP contribution in [0.2, 0.25) is 0 Å². The zero-order chi connectivity index (χ0) is 8.88. The van der Waals surface area contributed by atoms with Crippen molar-refractivity contribution in [3.8, 4) is 0 Å². The number of amides is 1. The first-order valence-corrected chi connectivity index (χ1v) is 4.61. The Morgan fingerprint density at radius 3 is 2.58 bits per heavy atom. The van der Waals surface area contributed by atoms with Gasteiger partial charge in [0.15, 0.2) is 0 Å². The van der Waals surface area contributed by atoms with Gasteiger partial charge in [-0.2, -0.15) is 0 Å². The van der Waals surface area contributed by atoms with Crippen LogP contribution in [0.4, 0.5) is 0 Å². The first-order chi connectivity index (χ1) is 5.63. The molecule has 3 atom stereocenters. The van der Waals surface area contributed by atoms with Gasteiger partial charge in [0.25, 0.3) is 0 Å². The topological polar surface area (TPSA) is 23.6 Å². The Morgan fingerprint density at radius 1 is 1.33 bits per heavy atom. The highest BCUT2D eigenvalue weighted by molar-refractivity contribution is 5.83. The van der Waals surface area contributed by atoms with Gasteiger partial charge in [-0.3, -0.25) is 9.69 Å². The Labute approximate surface area is 73.3 Å². The van der Waals surface area contributed by atoms with Crippen molar-refractivity contribution < 1.29 is 4.79 Å². The molecular weight excluding hydrogens is 152 g/mol. The molecule has 0 aliphatic carbocycles. The SMILES string of the molecule is CC1C2CCC(C(=O)N2C)N1C. The third-order valence-electron chi connectivity index (χ3n) is 3.56. The fraction of sp³-hybridized carbons (Fsp3) is 0.889. The molecule has 2 bridgehead atoms. The van der Waals surface area contributed by atoms with Crippen LogP contribution in [-0.4, -0.2) is 47.9 Å². The zero-order valence-corrected chi connectivity index (χ0v) is 7.95. The molecule has 0 saturated carbocycles. The highest BCUT2D eigenvalue weighted by Crippen LogP contribution is 2.31. The molecule has 3 fully saturated rings. The molecule has 0 aromatic heterocycles. The second-order valence-corrected chi connectivity index (χ2v) is 4.02. The Balaban J connectivity index is 2.28. The largest absolute Gasteiger partial charge is 0.340 e. The number of carbonyl (C=O) groups excluding carboxylic acids is 1. The van der Waals surface area contributed by atoms with E-state index >= 15 is 0 Å². The summed E-state index contributed by atoms with van der Waals surface area (Å²) < 4.78 is 0. The molecule has 0 aromatic carbocycles. The molecule has 12 heavy (non-hydrogen) atoms. The summed E-state index contributed by atoms with van der Waals surface area (Å²) in [5, 5.41) is 0. The van der Waals surface area contributed by atoms with E-state index < -0.39 is 0 Å². The molecule has 3 aliphatic rings. The molecule has 3 unspecified atom stereocenters. The molecule has 1 amide bonds. The smallest absolute Gasteiger partial charge is 0.239 e. The summed E-state index contributed by atoms with van der Waals surface area (Å²) in [6.45, 7) is 2.21. The number of piperazine rings is 1. The fourth-order valence-corrected chi connectivity index (χ4v) is 2.54. The first kappa shape index (κ1) is 8.05. The number of fused-ring (bicyclic) bond motifs is 3. The van der Waals surface area contributed by atoms with E-state index in [0.717, 1.165) is 6.42 Å². The standard InChI is InChI=1S/C9H16N2O/c1-6-7-4-5-8(10(6)2)9(12)11(7)3/h6-8H,4-5H2,1-3H3. The maximum atomic E-state index is 11.6. The van der Waals surface area contributed by atoms with Gasteiger partial charge in [0.1, 0.15) is 0 Å². The van der Waals surface area contributed by atoms with E-state index in [4.69, 9.17) is 0 Å². The molecule has 3 rings (SSSR count). The summed E-state index contributed by atoms with van der Waals surface area (Å²) >= 11 is 0. The Kier molecular flexibility index (Phi) is 1.65. The third-order valence-corrected chi connectivity index (χ3v) is 3.56. The fourth-order valence-electron chi connectivity index (χ4n) is 2.54. The van der Waals surface area contributed by atoms with Crippen LogP contribution < -0.4 is 0 Å². The van der Waals surface area contributed by atoms with Crippen LogP contribution in [0.25, 0.3) is 0 Å². The van der Waals surface area contributed by atoms with Crippen LogP contribution >= 0.6 is 0 Å². The van der Waals surface area contributed by atoms with Crippen molar-refractivity contribution in [3.63, 3.8) is 0 Å². The van der Waals surface area contributed by atoms with E-state index in [2.05, 4.69) is 18.9 Å². The van der Waals surface area contributed by atoms with Gasteiger partial charge in [-0.25, -0.2) is 0 Å². The summed E-state index contributed by atoms with van der Waals surface area (Å²) in [6, 6.07) is 1.15. The summed E-state index contributed by atoms with van der Waals surface area (Å²) in [5.41, 5.74) is 0. The van der Waals surface area contributed by atoms with Crippen LogP contribution in [-0.2, 0) is 4.79 Å². The summed E-state index contributed by atoms with van der Waals surface area (Å²) in [6.07, 6.45) is 2.23. The number of piperidine rings is 2. The Bertz CT molecular complexity index is 217. The van der Waals surface area contributed by atoms with Crippen molar-refractivity contribution in [1.82, 2.24) is 9.80 Å². The highest BCUT2D eigenvalue weighted by atomic mass is 16.2. The van der Waals surface area contributed by atoms with Crippen molar-refractivity contribution in [2.45, 2.75) is 37.9 Å². The quantitative estimate of drug-likeness (QED) is 0.519. The lowest BCUT2D eigenvalue weighted by Gasteiger charge is -2.52. The van der Waals surface area contributed by atoms with Crippen LogP contribution in [0.1, 0.15) is 19.8 Å². The van der Waals surface area contributed by atoms with E-state index in [9.17, 15) is 4.79 Å². The van der Waals surface area contributed by atoms with E-state index in [-0.39, 0.29) is 6.04 Å². The summed E-state index contributed by atoms with van der Waals surface area (Å²) in [4.78, 5) is 15.8. The minimum Gasteiger partial charge on any atom is -0.340 e. The normalized spacial score (nSPS) is 42.4. The molecule has 3 saturated heterocycles. The molecule has 0 aromatic rings. The number of carbonyl (C=O) groups is 1. The second-order valence-electron chi connectivity index (χ2n) is 4.02. The van der Waals surface area contributed by atoms with Gasteiger partial charge in [0, 0.05) is 19.1 Å². The van der Waals surface area contributed by atoms with Crippen molar-refractivity contribution in [3.05, 3.63) is 0 Å². The minimum atomic E-state index is 0.162. The van der Waals surface area contributed by atoms with Crippen LogP contribution in [0.3, 0.4) is 0 Å². The summed E-state index contributed by atoms with van der Waals surface area (Å²) in [5.74, 6) is 0.312. The zero-order valence-electron chi connectivity index (χ0n) is 7.95. The second kappa shape index (κ2) is 2.46. The van der Waals surface area contributed by atoms with Crippen LogP contribution in [0, 0.1) is 0 Å². The summed E-state index contributed by atoms with van der Waals surface area (Å²) in [7, 11) is 4.00. The lowest BCUT2D eigenvalue weighted by atomic mass is 9.86. The predicted molar refractivity (Wildman–Crippen MR) is 46.8 cm³/mol. The number of likely N-dealkylation sites (N-methyl/N-ethyl adjacent to an activating group) is 2. The van der Waals surface area contributed by atoms with Crippen LogP contribution in [0.5, 0.6) is 0 Å². The van der Waals surface area contributed by atoms with Crippen LogP contribution in [0.15, 0.2) is 0 Å². The van der Waals surface area contributed by atoms with Crippen molar-refractivity contribution in [2.75, 3.05) is 14.1 Å². The highest BCUT2D eigenvalue weighted by Gasteiger charge is 2.45. The van der Waals surface area contributed by atoms with Gasteiger partial charge in [0.2, 0.25) is 5.91 Å². The van der Waals surface area contributed by atoms with Crippen molar-refractivity contribution >= 4 is 5.91 Å². The monoisotopic (exact) mass is 168 g/mol. The lowest BCUT2D eigenvalue weighted by Crippen LogP contribution is -2.67. The third kappa shape index (κ3) is 0.829. The number of rotatable bonds is 0. The molecule has 0 spiro atoms. The van der Waals surface area contributed by atoms with E-state index in [1.165, 1.54) is 6.42 Å². The average molecular weight is 168 g/mol. The average Bonchev–Trinajstić information content (AvgIpc) is 2.05. The molecule has 0 N–H and O–H groups in total. The minimum absolute atomic E-state index is 0.162. The first-order valence-electron chi connectivity index (χ1n) is 4.61. The molecule has 3 heterocycles. The van der Waals surface area contributed by atoms with E-state index in [0.29, 0.717) is 18.0 Å². The molecular formula is C9H16N2O. The Morgan fingerprint density at radius 2 is 2.00 bits per heavy atom. The van der Waals surface area contributed by atoms with Crippen molar-refractivity contribution in [2.24, 2.45) is 0 Å². The molecule has 3 aliphatic heterocycles. The number of hydrogen-bond acceptors (Lipinski definition) is 2. The number of hydrogen-bond donors (Lipinski definition) is 0. The lowest BCUT2D eigenvalue weighted by molar-refractivity contribution is -0.153. The Hall–Kier alpha value is -0.570. The maximum absolute atomic E-state index is 11.6. The molecule has 0 radical (unpaired) electrons. The maximum Gasteiger partial charge on any atom is 0.239 e. The van der Waals surface area contributed by atoms with Gasteiger partial charge in [-0.15, -0.1) is 0 Å². The van der Waals surface area contributed by atoms with E-state index in [1.807, 2.05) is 11.9 Å². The predicted octanol–water partition coefficient (Wildman–Crippen LogP) is 0.310. The number of nitrogens with zero attached hydrogens (tertiary/aromatic N) is 2. The van der Waals surface area contributed by atoms with Crippen molar-refractivity contribution in [1.29, 1.82) is 0 Å². The van der Waals surface area contributed by atoms with Gasteiger partial charge >= 0.3 is 0 Å². The molecule has 3 nitrogen and oxygen atoms in total. The van der Waals surface area contributed by atoms with Gasteiger partial charge in [0.05, 0.1) is 6.04 Å². The molecule has 3 heteroatoms. The molecule has 68 valence electrons. The van der Waals surface area contributed by atoms with Gasteiger partial charge < -0.3 is 4.90 Å².